The largest absolute Gasteiger partial charge is 0.493 e. The fraction of sp³-hybridized carbons (Fsp3) is 0.412. The van der Waals surface area contributed by atoms with E-state index in [0.29, 0.717) is 30.4 Å². The molecule has 0 spiro atoms. The van der Waals surface area contributed by atoms with Crippen LogP contribution >= 0.6 is 0 Å². The maximum absolute atomic E-state index is 13.5. The number of nitrogens with one attached hydrogen (secondary N) is 2. The van der Waals surface area contributed by atoms with Crippen LogP contribution in [-0.4, -0.2) is 22.2 Å². The number of benzene rings is 1. The van der Waals surface area contributed by atoms with Crippen LogP contribution in [0.15, 0.2) is 30.6 Å². The predicted octanol–water partition coefficient (Wildman–Crippen LogP) is 2.85. The molecule has 0 aliphatic carbocycles. The molecular weight excluding hydrogens is 311 g/mol. The van der Waals surface area contributed by atoms with Gasteiger partial charge in [0.25, 0.3) is 0 Å². The van der Waals surface area contributed by atoms with Crippen LogP contribution in [0.4, 0.5) is 9.18 Å². The van der Waals surface area contributed by atoms with Gasteiger partial charge >= 0.3 is 6.03 Å². The minimum Gasteiger partial charge on any atom is -0.493 e. The number of imidazole rings is 1. The summed E-state index contributed by atoms with van der Waals surface area (Å²) in [4.78, 5) is 16.7. The highest BCUT2D eigenvalue weighted by Gasteiger charge is 2.31. The van der Waals surface area contributed by atoms with Gasteiger partial charge in [0.2, 0.25) is 0 Å². The number of amides is 2. The van der Waals surface area contributed by atoms with Crippen molar-refractivity contribution in [3.05, 3.63) is 47.8 Å². The van der Waals surface area contributed by atoms with Gasteiger partial charge in [-0.1, -0.05) is 0 Å². The summed E-state index contributed by atoms with van der Waals surface area (Å²) in [5.41, 5.74) is 0.678. The maximum atomic E-state index is 13.5. The third-order valence-electron chi connectivity index (χ3n) is 4.68. The number of fused-ring (bicyclic) bond motifs is 2. The molecule has 0 fully saturated rings. The van der Waals surface area contributed by atoms with E-state index in [9.17, 15) is 9.18 Å². The molecule has 7 heteroatoms. The van der Waals surface area contributed by atoms with E-state index < -0.39 is 0 Å². The molecule has 3 atom stereocenters. The highest BCUT2D eigenvalue weighted by molar-refractivity contribution is 5.75. The molecule has 4 rings (SSSR count). The van der Waals surface area contributed by atoms with Crippen molar-refractivity contribution in [3.8, 4) is 5.75 Å². The van der Waals surface area contributed by atoms with Crippen molar-refractivity contribution in [1.82, 2.24) is 20.2 Å². The first-order chi connectivity index (χ1) is 11.6. The summed E-state index contributed by atoms with van der Waals surface area (Å²) in [7, 11) is 0. The van der Waals surface area contributed by atoms with Crippen LogP contribution < -0.4 is 15.4 Å². The molecule has 2 aromatic rings. The van der Waals surface area contributed by atoms with Crippen molar-refractivity contribution in [2.45, 2.75) is 37.9 Å². The molecule has 2 amide bonds. The third-order valence-corrected chi connectivity index (χ3v) is 4.68. The number of hydrogen-bond donors (Lipinski definition) is 2. The number of halogens is 1. The second-order valence-electron chi connectivity index (χ2n) is 6.32. The van der Waals surface area contributed by atoms with E-state index >= 15 is 0 Å². The first-order valence-corrected chi connectivity index (χ1v) is 8.14. The van der Waals surface area contributed by atoms with Crippen LogP contribution in [0.5, 0.6) is 5.75 Å². The summed E-state index contributed by atoms with van der Waals surface area (Å²) in [6.45, 7) is 2.59. The maximum Gasteiger partial charge on any atom is 0.315 e. The Morgan fingerprint density at radius 2 is 2.21 bits per heavy atom. The second-order valence-corrected chi connectivity index (χ2v) is 6.32. The Morgan fingerprint density at radius 3 is 3.08 bits per heavy atom. The summed E-state index contributed by atoms with van der Waals surface area (Å²) in [6, 6.07) is 4.05. The van der Waals surface area contributed by atoms with Crippen LogP contribution in [0.3, 0.4) is 0 Å². The average Bonchev–Trinajstić information content (AvgIpc) is 3.13. The molecule has 3 unspecified atom stereocenters. The zero-order valence-corrected chi connectivity index (χ0v) is 13.3. The fourth-order valence-electron chi connectivity index (χ4n) is 3.52. The number of rotatable bonds is 2. The summed E-state index contributed by atoms with van der Waals surface area (Å²) in [5.74, 6) is 1.16. The summed E-state index contributed by atoms with van der Waals surface area (Å²) >= 11 is 0. The minimum absolute atomic E-state index is 0.109. The van der Waals surface area contributed by atoms with Crippen molar-refractivity contribution in [3.63, 3.8) is 0 Å². The zero-order chi connectivity index (χ0) is 16.7. The fourth-order valence-corrected chi connectivity index (χ4v) is 3.52. The van der Waals surface area contributed by atoms with Crippen LogP contribution in [0.2, 0.25) is 0 Å². The molecule has 3 heterocycles. The van der Waals surface area contributed by atoms with Crippen molar-refractivity contribution in [2.24, 2.45) is 0 Å². The quantitative estimate of drug-likeness (QED) is 0.890. The van der Waals surface area contributed by atoms with Crippen molar-refractivity contribution < 1.29 is 13.9 Å². The van der Waals surface area contributed by atoms with Gasteiger partial charge in [-0.15, -0.1) is 0 Å². The van der Waals surface area contributed by atoms with Gasteiger partial charge in [-0.3, -0.25) is 0 Å². The van der Waals surface area contributed by atoms with Crippen molar-refractivity contribution in [1.29, 1.82) is 0 Å². The van der Waals surface area contributed by atoms with Gasteiger partial charge in [-0.25, -0.2) is 14.2 Å². The Bertz CT molecular complexity index is 776. The van der Waals surface area contributed by atoms with Crippen LogP contribution in [0, 0.1) is 5.82 Å². The monoisotopic (exact) mass is 330 g/mol. The molecule has 24 heavy (non-hydrogen) atoms. The first-order valence-electron chi connectivity index (χ1n) is 8.14. The normalized spacial score (nSPS) is 24.7. The molecule has 126 valence electrons. The van der Waals surface area contributed by atoms with Gasteiger partial charge in [0, 0.05) is 30.4 Å². The summed E-state index contributed by atoms with van der Waals surface area (Å²) in [5, 5.41) is 5.91. The van der Waals surface area contributed by atoms with Crippen LogP contribution in [-0.2, 0) is 0 Å². The van der Waals surface area contributed by atoms with E-state index in [4.69, 9.17) is 4.74 Å². The molecule has 1 aromatic carbocycles. The molecule has 0 radical (unpaired) electrons. The number of aromatic nitrogens is 2. The molecule has 1 aromatic heterocycles. The van der Waals surface area contributed by atoms with Gasteiger partial charge in [-0.2, -0.15) is 0 Å². The second kappa shape index (κ2) is 5.81. The van der Waals surface area contributed by atoms with E-state index in [1.807, 2.05) is 6.20 Å². The van der Waals surface area contributed by atoms with Gasteiger partial charge in [0.05, 0.1) is 18.7 Å². The Kier molecular flexibility index (Phi) is 3.63. The Morgan fingerprint density at radius 1 is 1.38 bits per heavy atom. The lowest BCUT2D eigenvalue weighted by Crippen LogP contribution is -2.41. The Hall–Kier alpha value is -2.57. The van der Waals surface area contributed by atoms with Gasteiger partial charge in [0.1, 0.15) is 17.4 Å². The average molecular weight is 330 g/mol. The molecule has 2 aliphatic rings. The summed E-state index contributed by atoms with van der Waals surface area (Å²) in [6.07, 6.45) is 5.10. The molecule has 0 bridgehead atoms. The van der Waals surface area contributed by atoms with Crippen LogP contribution in [0.25, 0.3) is 0 Å². The number of nitrogens with zero attached hydrogens (tertiary/aromatic N) is 2. The number of urea groups is 1. The van der Waals surface area contributed by atoms with E-state index in [0.717, 1.165) is 12.2 Å². The van der Waals surface area contributed by atoms with E-state index in [1.165, 1.54) is 12.1 Å². The Labute approximate surface area is 139 Å². The highest BCUT2D eigenvalue weighted by Crippen LogP contribution is 2.34. The van der Waals surface area contributed by atoms with Gasteiger partial charge in [-0.05, 0) is 31.5 Å². The van der Waals surface area contributed by atoms with Gasteiger partial charge < -0.3 is 19.9 Å². The topological polar surface area (TPSA) is 68.2 Å². The van der Waals surface area contributed by atoms with E-state index in [2.05, 4.69) is 27.1 Å². The predicted molar refractivity (Wildman–Crippen MR) is 85.2 cm³/mol. The smallest absolute Gasteiger partial charge is 0.315 e. The first kappa shape index (κ1) is 15.0. The molecule has 6 nitrogen and oxygen atoms in total. The number of carbonyl (C=O) groups is 1. The van der Waals surface area contributed by atoms with Crippen molar-refractivity contribution >= 4 is 6.03 Å². The standard InChI is InChI=1S/C17H19FN4O2/c1-10-8-14(16-19-5-6-22(10)16)21-17(23)20-13-4-7-24-15-3-2-11(18)9-12(13)15/h2-3,5-6,9-10,13-14H,4,7-8H2,1H3,(H2,20,21,23). The third kappa shape index (κ3) is 2.60. The molecule has 0 saturated heterocycles. The number of ether oxygens (including phenoxy) is 1. The molecule has 2 aliphatic heterocycles. The molecule has 0 saturated carbocycles. The number of carbonyl (C=O) groups excluding carboxylic acids is 1. The minimum atomic E-state index is -0.335. The lowest BCUT2D eigenvalue weighted by molar-refractivity contribution is 0.219. The van der Waals surface area contributed by atoms with E-state index in [1.54, 1.807) is 12.3 Å². The van der Waals surface area contributed by atoms with Gasteiger partial charge in [0.15, 0.2) is 0 Å². The van der Waals surface area contributed by atoms with Crippen molar-refractivity contribution in [2.75, 3.05) is 6.61 Å². The summed E-state index contributed by atoms with van der Waals surface area (Å²) < 4.78 is 21.1. The lowest BCUT2D eigenvalue weighted by Gasteiger charge is -2.27. The van der Waals surface area contributed by atoms with E-state index in [-0.39, 0.29) is 23.9 Å². The zero-order valence-electron chi connectivity index (χ0n) is 13.3. The molecular formula is C17H19FN4O2. The Balaban J connectivity index is 1.46. The molecule has 2 N–H and O–H groups in total. The lowest BCUT2D eigenvalue weighted by atomic mass is 10.0. The van der Waals surface area contributed by atoms with Crippen LogP contribution in [0.1, 0.15) is 49.3 Å². The number of hydrogen-bond acceptors (Lipinski definition) is 3. The SMILES string of the molecule is CC1CC(NC(=O)NC2CCOc3ccc(F)cc32)c2nccn21. The highest BCUT2D eigenvalue weighted by atomic mass is 19.1.